The van der Waals surface area contributed by atoms with Crippen LogP contribution in [0.2, 0.25) is 0 Å². The van der Waals surface area contributed by atoms with Crippen LogP contribution in [0, 0.1) is 12.8 Å². The molecule has 3 rings (SSSR count). The van der Waals surface area contributed by atoms with Crippen molar-refractivity contribution < 1.29 is 4.79 Å². The number of likely N-dealkylation sites (tertiary alicyclic amines) is 1. The Morgan fingerprint density at radius 1 is 1.26 bits per heavy atom. The molecule has 2 aromatic rings. The molecule has 1 aromatic heterocycles. The number of aromatic nitrogens is 2. The Morgan fingerprint density at radius 2 is 1.93 bits per heavy atom. The van der Waals surface area contributed by atoms with Gasteiger partial charge in [-0.1, -0.05) is 38.5 Å². The van der Waals surface area contributed by atoms with Gasteiger partial charge in [0.2, 0.25) is 0 Å². The number of carbonyl (C=O) groups is 1. The van der Waals surface area contributed by atoms with Crippen LogP contribution in [-0.4, -0.2) is 47.3 Å². The van der Waals surface area contributed by atoms with Crippen LogP contribution in [0.25, 0.3) is 5.69 Å². The molecule has 27 heavy (non-hydrogen) atoms. The van der Waals surface area contributed by atoms with Gasteiger partial charge >= 0.3 is 0 Å². The quantitative estimate of drug-likeness (QED) is 0.868. The van der Waals surface area contributed by atoms with E-state index in [2.05, 4.69) is 45.1 Å². The predicted octanol–water partition coefficient (Wildman–Crippen LogP) is 3.58. The number of halogens is 1. The largest absolute Gasteiger partial charge is 0.338 e. The topological polar surface area (TPSA) is 50.2 Å². The minimum absolute atomic E-state index is 0. The fraction of sp³-hybridized carbons (Fsp3) is 0.524. The number of nitrogens with one attached hydrogen (secondary N) is 1. The van der Waals surface area contributed by atoms with E-state index < -0.39 is 0 Å². The zero-order chi connectivity index (χ0) is 18.9. The summed E-state index contributed by atoms with van der Waals surface area (Å²) < 4.78 is 1.84. The van der Waals surface area contributed by atoms with E-state index in [1.807, 2.05) is 35.0 Å². The second kappa shape index (κ2) is 8.44. The molecular formula is C21H31ClN4O. The summed E-state index contributed by atoms with van der Waals surface area (Å²) in [5.74, 6) is 0.640. The molecule has 1 aliphatic heterocycles. The van der Waals surface area contributed by atoms with Crippen molar-refractivity contribution in [3.63, 3.8) is 0 Å². The maximum atomic E-state index is 13.2. The zero-order valence-corrected chi connectivity index (χ0v) is 17.8. The van der Waals surface area contributed by atoms with Gasteiger partial charge in [-0.05, 0) is 45.0 Å². The van der Waals surface area contributed by atoms with Gasteiger partial charge < -0.3 is 10.2 Å². The molecule has 6 heteroatoms. The molecule has 1 aromatic carbocycles. The average Bonchev–Trinajstić information content (AvgIpc) is 3.22. The highest BCUT2D eigenvalue weighted by Gasteiger charge is 2.32. The molecule has 1 saturated heterocycles. The summed E-state index contributed by atoms with van der Waals surface area (Å²) in [5.41, 5.74) is 3.59. The van der Waals surface area contributed by atoms with E-state index in [1.165, 1.54) is 5.56 Å². The second-order valence-electron chi connectivity index (χ2n) is 8.39. The molecule has 0 aliphatic carbocycles. The molecule has 1 N–H and O–H groups in total. The highest BCUT2D eigenvalue weighted by atomic mass is 35.5. The first-order chi connectivity index (χ1) is 12.3. The van der Waals surface area contributed by atoms with Crippen molar-refractivity contribution in [2.24, 2.45) is 5.92 Å². The predicted molar refractivity (Wildman–Crippen MR) is 112 cm³/mol. The van der Waals surface area contributed by atoms with Crippen LogP contribution >= 0.6 is 12.4 Å². The normalized spacial score (nSPS) is 17.1. The standard InChI is InChI=1S/C21H30N4O.ClH/c1-15-6-8-17(9-7-15)25-14-18(19(23-25)21(2,3)4)20(26)24-11-10-16(13-24)12-22-5;/h6-9,14,16,22H,10-13H2,1-5H3;1H. The van der Waals surface area contributed by atoms with E-state index in [0.717, 1.165) is 43.0 Å². The first-order valence-corrected chi connectivity index (χ1v) is 9.40. The van der Waals surface area contributed by atoms with E-state index >= 15 is 0 Å². The Hall–Kier alpha value is -1.85. The first kappa shape index (κ1) is 21.5. The Bertz CT molecular complexity index is 776. The lowest BCUT2D eigenvalue weighted by Crippen LogP contribution is -2.31. The summed E-state index contributed by atoms with van der Waals surface area (Å²) in [6.45, 7) is 11.0. The summed E-state index contributed by atoms with van der Waals surface area (Å²) >= 11 is 0. The molecule has 0 saturated carbocycles. The van der Waals surface area contributed by atoms with Crippen molar-refractivity contribution in [2.75, 3.05) is 26.7 Å². The molecule has 0 bridgehead atoms. The Balaban J connectivity index is 0.00000261. The van der Waals surface area contributed by atoms with Gasteiger partial charge in [0.05, 0.1) is 16.9 Å². The summed E-state index contributed by atoms with van der Waals surface area (Å²) in [6.07, 6.45) is 2.96. The highest BCUT2D eigenvalue weighted by molar-refractivity contribution is 5.95. The third kappa shape index (κ3) is 4.71. The van der Waals surface area contributed by atoms with Crippen molar-refractivity contribution in [3.05, 3.63) is 47.3 Å². The first-order valence-electron chi connectivity index (χ1n) is 9.40. The lowest BCUT2D eigenvalue weighted by molar-refractivity contribution is 0.0784. The SMILES string of the molecule is CNCC1CCN(C(=O)c2cn(-c3ccc(C)cc3)nc2C(C)(C)C)C1.Cl. The van der Waals surface area contributed by atoms with E-state index in [1.54, 1.807) is 0 Å². The number of hydrogen-bond acceptors (Lipinski definition) is 3. The monoisotopic (exact) mass is 390 g/mol. The van der Waals surface area contributed by atoms with Crippen molar-refractivity contribution in [1.82, 2.24) is 20.0 Å². The second-order valence-corrected chi connectivity index (χ2v) is 8.39. The fourth-order valence-corrected chi connectivity index (χ4v) is 3.56. The molecule has 0 radical (unpaired) electrons. The van der Waals surface area contributed by atoms with Gasteiger partial charge in [-0.2, -0.15) is 5.10 Å². The molecule has 1 amide bonds. The van der Waals surface area contributed by atoms with E-state index in [9.17, 15) is 4.79 Å². The number of benzene rings is 1. The third-order valence-corrected chi connectivity index (χ3v) is 5.02. The van der Waals surface area contributed by atoms with Crippen molar-refractivity contribution >= 4 is 18.3 Å². The van der Waals surface area contributed by atoms with Gasteiger partial charge in [-0.25, -0.2) is 4.68 Å². The summed E-state index contributed by atoms with van der Waals surface area (Å²) in [7, 11) is 1.97. The summed E-state index contributed by atoms with van der Waals surface area (Å²) in [5, 5.41) is 8.01. The molecule has 1 atom stereocenters. The maximum absolute atomic E-state index is 13.2. The van der Waals surface area contributed by atoms with Crippen LogP contribution in [0.5, 0.6) is 0 Å². The lowest BCUT2D eigenvalue weighted by atomic mass is 9.89. The Kier molecular flexibility index (Phi) is 6.71. The highest BCUT2D eigenvalue weighted by Crippen LogP contribution is 2.28. The number of aryl methyl sites for hydroxylation is 1. The molecule has 148 valence electrons. The van der Waals surface area contributed by atoms with Crippen molar-refractivity contribution in [3.8, 4) is 5.69 Å². The van der Waals surface area contributed by atoms with Crippen molar-refractivity contribution in [2.45, 2.75) is 39.5 Å². The van der Waals surface area contributed by atoms with Crippen LogP contribution in [0.1, 0.15) is 48.8 Å². The molecule has 1 fully saturated rings. The van der Waals surface area contributed by atoms with Crippen molar-refractivity contribution in [1.29, 1.82) is 0 Å². The molecule has 5 nitrogen and oxygen atoms in total. The minimum Gasteiger partial charge on any atom is -0.338 e. The maximum Gasteiger partial charge on any atom is 0.257 e. The number of amides is 1. The molecule has 0 spiro atoms. The Labute approximate surface area is 168 Å². The third-order valence-electron chi connectivity index (χ3n) is 5.02. The van der Waals surface area contributed by atoms with E-state index in [-0.39, 0.29) is 23.7 Å². The number of rotatable bonds is 4. The smallest absolute Gasteiger partial charge is 0.257 e. The van der Waals surface area contributed by atoms with Crippen LogP contribution in [-0.2, 0) is 5.41 Å². The van der Waals surface area contributed by atoms with E-state index in [4.69, 9.17) is 5.10 Å². The minimum atomic E-state index is -0.189. The van der Waals surface area contributed by atoms with Crippen LogP contribution < -0.4 is 5.32 Å². The fourth-order valence-electron chi connectivity index (χ4n) is 3.56. The van der Waals surface area contributed by atoms with Gasteiger partial charge in [0, 0.05) is 24.7 Å². The summed E-state index contributed by atoms with van der Waals surface area (Å²) in [6, 6.07) is 8.22. The molecule has 1 aliphatic rings. The number of hydrogen-bond donors (Lipinski definition) is 1. The van der Waals surface area contributed by atoms with Gasteiger partial charge in [0.15, 0.2) is 0 Å². The lowest BCUT2D eigenvalue weighted by Gasteiger charge is -2.20. The Morgan fingerprint density at radius 3 is 2.52 bits per heavy atom. The van der Waals surface area contributed by atoms with Gasteiger partial charge in [-0.15, -0.1) is 12.4 Å². The van der Waals surface area contributed by atoms with Gasteiger partial charge in [-0.3, -0.25) is 4.79 Å². The van der Waals surface area contributed by atoms with Crippen LogP contribution in [0.3, 0.4) is 0 Å². The average molecular weight is 391 g/mol. The number of carbonyl (C=O) groups excluding carboxylic acids is 1. The van der Waals surface area contributed by atoms with E-state index in [0.29, 0.717) is 5.92 Å². The molecule has 2 heterocycles. The van der Waals surface area contributed by atoms with Gasteiger partial charge in [0.25, 0.3) is 5.91 Å². The number of nitrogens with zero attached hydrogens (tertiary/aromatic N) is 3. The van der Waals surface area contributed by atoms with Crippen LogP contribution in [0.4, 0.5) is 0 Å². The zero-order valence-electron chi connectivity index (χ0n) is 17.0. The van der Waals surface area contributed by atoms with Crippen LogP contribution in [0.15, 0.2) is 30.5 Å². The van der Waals surface area contributed by atoms with Gasteiger partial charge in [0.1, 0.15) is 0 Å². The molecular weight excluding hydrogens is 360 g/mol. The summed E-state index contributed by atoms with van der Waals surface area (Å²) in [4.78, 5) is 15.2. The molecule has 1 unspecified atom stereocenters.